The van der Waals surface area contributed by atoms with Crippen LogP contribution in [-0.4, -0.2) is 24.9 Å². The van der Waals surface area contributed by atoms with Crippen LogP contribution in [0.2, 0.25) is 15.1 Å². The third kappa shape index (κ3) is 3.86. The quantitative estimate of drug-likeness (QED) is 0.731. The number of rotatable bonds is 4. The minimum atomic E-state index is -0.814. The normalized spacial score (nSPS) is 11.9. The molecule has 0 saturated carbocycles. The molecule has 0 aliphatic heterocycles. The van der Waals surface area contributed by atoms with Crippen molar-refractivity contribution in [2.45, 2.75) is 6.10 Å². The monoisotopic (exact) mass is 357 g/mol. The van der Waals surface area contributed by atoms with Crippen molar-refractivity contribution in [1.82, 2.24) is 4.90 Å². The molecule has 1 atom stereocenters. The molecule has 1 amide bonds. The van der Waals surface area contributed by atoms with E-state index in [4.69, 9.17) is 39.5 Å². The summed E-state index contributed by atoms with van der Waals surface area (Å²) in [5.41, 5.74) is 0.725. The Morgan fingerprint density at radius 1 is 1.00 bits per heavy atom. The van der Waals surface area contributed by atoms with Crippen LogP contribution in [0.25, 0.3) is 0 Å². The Morgan fingerprint density at radius 2 is 1.59 bits per heavy atom. The number of benzene rings is 2. The Labute approximate surface area is 144 Å². The molecule has 22 heavy (non-hydrogen) atoms. The number of hydrogen-bond donors (Lipinski definition) is 0. The van der Waals surface area contributed by atoms with E-state index in [-0.39, 0.29) is 5.91 Å². The average molecular weight is 359 g/mol. The third-order valence-corrected chi connectivity index (χ3v) is 4.00. The summed E-state index contributed by atoms with van der Waals surface area (Å²) >= 11 is 18.0. The first kappa shape index (κ1) is 16.9. The van der Waals surface area contributed by atoms with Crippen molar-refractivity contribution in [1.29, 1.82) is 0 Å². The van der Waals surface area contributed by atoms with Gasteiger partial charge in [0.15, 0.2) is 0 Å². The molecule has 2 aromatic carbocycles. The third-order valence-electron chi connectivity index (χ3n) is 2.99. The van der Waals surface area contributed by atoms with Crippen LogP contribution in [-0.2, 0) is 4.79 Å². The van der Waals surface area contributed by atoms with Gasteiger partial charge in [-0.25, -0.2) is 0 Å². The lowest BCUT2D eigenvalue weighted by Gasteiger charge is -2.23. The van der Waals surface area contributed by atoms with E-state index >= 15 is 0 Å². The second-order valence-corrected chi connectivity index (χ2v) is 6.06. The van der Waals surface area contributed by atoms with Gasteiger partial charge in [0.1, 0.15) is 5.75 Å². The fourth-order valence-electron chi connectivity index (χ4n) is 1.84. The molecule has 2 aromatic rings. The maximum atomic E-state index is 12.4. The SMILES string of the molecule is CN(C)C(=O)C(Oc1cc(Cl)c(Cl)cc1Cl)c1ccccc1. The average Bonchev–Trinajstić information content (AvgIpc) is 2.49. The molecule has 0 aromatic heterocycles. The number of halogens is 3. The molecule has 0 N–H and O–H groups in total. The maximum absolute atomic E-state index is 12.4. The molecule has 0 aliphatic rings. The molecule has 0 aliphatic carbocycles. The van der Waals surface area contributed by atoms with Crippen molar-refractivity contribution >= 4 is 40.7 Å². The molecule has 0 fully saturated rings. The number of likely N-dealkylation sites (N-methyl/N-ethyl adjacent to an activating group) is 1. The number of nitrogens with zero attached hydrogens (tertiary/aromatic N) is 1. The first-order chi connectivity index (χ1) is 10.4. The highest BCUT2D eigenvalue weighted by Gasteiger charge is 2.25. The Morgan fingerprint density at radius 3 is 2.18 bits per heavy atom. The van der Waals surface area contributed by atoms with Crippen molar-refractivity contribution in [2.75, 3.05) is 14.1 Å². The standard InChI is InChI=1S/C16H14Cl3NO2/c1-20(2)16(21)15(10-6-4-3-5-7-10)22-14-9-12(18)11(17)8-13(14)19/h3-9,15H,1-2H3. The van der Waals surface area contributed by atoms with Crippen LogP contribution < -0.4 is 4.74 Å². The van der Waals surface area contributed by atoms with Gasteiger partial charge in [-0.2, -0.15) is 0 Å². The first-order valence-electron chi connectivity index (χ1n) is 6.47. The van der Waals surface area contributed by atoms with Crippen molar-refractivity contribution in [3.8, 4) is 5.75 Å². The lowest BCUT2D eigenvalue weighted by Crippen LogP contribution is -2.31. The summed E-state index contributed by atoms with van der Waals surface area (Å²) in [4.78, 5) is 13.9. The summed E-state index contributed by atoms with van der Waals surface area (Å²) in [7, 11) is 3.33. The molecular weight excluding hydrogens is 345 g/mol. The highest BCUT2D eigenvalue weighted by Crippen LogP contribution is 2.36. The molecule has 3 nitrogen and oxygen atoms in total. The summed E-state index contributed by atoms with van der Waals surface area (Å²) in [6.45, 7) is 0. The lowest BCUT2D eigenvalue weighted by molar-refractivity contribution is -0.136. The van der Waals surface area contributed by atoms with E-state index in [0.717, 1.165) is 5.56 Å². The molecule has 0 radical (unpaired) electrons. The second-order valence-electron chi connectivity index (χ2n) is 4.84. The number of carbonyl (C=O) groups excluding carboxylic acids is 1. The Hall–Kier alpha value is -1.42. The first-order valence-corrected chi connectivity index (χ1v) is 7.61. The van der Waals surface area contributed by atoms with Crippen LogP contribution in [0.1, 0.15) is 11.7 Å². The van der Waals surface area contributed by atoms with Gasteiger partial charge in [-0.1, -0.05) is 65.1 Å². The molecule has 0 spiro atoms. The van der Waals surface area contributed by atoms with E-state index in [1.165, 1.54) is 17.0 Å². The summed E-state index contributed by atoms with van der Waals surface area (Å²) < 4.78 is 5.82. The van der Waals surface area contributed by atoms with Crippen LogP contribution >= 0.6 is 34.8 Å². The molecule has 116 valence electrons. The predicted molar refractivity (Wildman–Crippen MR) is 90.0 cm³/mol. The minimum absolute atomic E-state index is 0.201. The number of amides is 1. The Balaban J connectivity index is 2.39. The summed E-state index contributed by atoms with van der Waals surface area (Å²) in [6, 6.07) is 12.2. The van der Waals surface area contributed by atoms with Crippen molar-refractivity contribution in [3.63, 3.8) is 0 Å². The Kier molecular flexibility index (Phi) is 5.57. The number of carbonyl (C=O) groups is 1. The van der Waals surface area contributed by atoms with Crippen molar-refractivity contribution in [2.24, 2.45) is 0 Å². The topological polar surface area (TPSA) is 29.5 Å². The van der Waals surface area contributed by atoms with Gasteiger partial charge >= 0.3 is 0 Å². The van der Waals surface area contributed by atoms with Crippen molar-refractivity contribution < 1.29 is 9.53 Å². The van der Waals surface area contributed by atoms with E-state index in [1.807, 2.05) is 30.3 Å². The molecule has 0 bridgehead atoms. The second kappa shape index (κ2) is 7.23. The van der Waals surface area contributed by atoms with Crippen LogP contribution in [0, 0.1) is 0 Å². The van der Waals surface area contributed by atoms with E-state index in [2.05, 4.69) is 0 Å². The van der Waals surface area contributed by atoms with E-state index < -0.39 is 6.10 Å². The molecular formula is C16H14Cl3NO2. The molecule has 2 rings (SSSR count). The van der Waals surface area contributed by atoms with Gasteiger partial charge in [-0.3, -0.25) is 4.79 Å². The van der Waals surface area contributed by atoms with Gasteiger partial charge < -0.3 is 9.64 Å². The van der Waals surface area contributed by atoms with Crippen LogP contribution in [0.5, 0.6) is 5.75 Å². The lowest BCUT2D eigenvalue weighted by atomic mass is 10.1. The van der Waals surface area contributed by atoms with Crippen LogP contribution in [0.15, 0.2) is 42.5 Å². The molecule has 1 unspecified atom stereocenters. The predicted octanol–water partition coefficient (Wildman–Crippen LogP) is 4.86. The summed E-state index contributed by atoms with van der Waals surface area (Å²) in [5.74, 6) is 0.105. The van der Waals surface area contributed by atoms with Gasteiger partial charge in [0.05, 0.1) is 15.1 Å². The van der Waals surface area contributed by atoms with Gasteiger partial charge in [0, 0.05) is 25.7 Å². The van der Waals surface area contributed by atoms with E-state index in [9.17, 15) is 4.79 Å². The van der Waals surface area contributed by atoms with Crippen LogP contribution in [0.4, 0.5) is 0 Å². The molecule has 0 heterocycles. The summed E-state index contributed by atoms with van der Waals surface area (Å²) in [5, 5.41) is 0.932. The van der Waals surface area contributed by atoms with Crippen molar-refractivity contribution in [3.05, 3.63) is 63.1 Å². The zero-order valence-corrected chi connectivity index (χ0v) is 14.3. The fourth-order valence-corrected chi connectivity index (χ4v) is 2.43. The molecule has 6 heteroatoms. The Bertz CT molecular complexity index is 675. The van der Waals surface area contributed by atoms with Gasteiger partial charge in [-0.05, 0) is 6.07 Å². The maximum Gasteiger partial charge on any atom is 0.267 e. The highest BCUT2D eigenvalue weighted by atomic mass is 35.5. The zero-order chi connectivity index (χ0) is 16.3. The van der Waals surface area contributed by atoms with Gasteiger partial charge in [0.2, 0.25) is 6.10 Å². The smallest absolute Gasteiger partial charge is 0.267 e. The van der Waals surface area contributed by atoms with Gasteiger partial charge in [-0.15, -0.1) is 0 Å². The number of hydrogen-bond acceptors (Lipinski definition) is 2. The van der Waals surface area contributed by atoms with Gasteiger partial charge in [0.25, 0.3) is 5.91 Å². The van der Waals surface area contributed by atoms with E-state index in [0.29, 0.717) is 20.8 Å². The summed E-state index contributed by atoms with van der Waals surface area (Å²) in [6.07, 6.45) is -0.814. The minimum Gasteiger partial charge on any atom is -0.474 e. The fraction of sp³-hybridized carbons (Fsp3) is 0.188. The largest absolute Gasteiger partial charge is 0.474 e. The zero-order valence-electron chi connectivity index (χ0n) is 12.0. The number of ether oxygens (including phenoxy) is 1. The van der Waals surface area contributed by atoms with Crippen LogP contribution in [0.3, 0.4) is 0 Å². The van der Waals surface area contributed by atoms with E-state index in [1.54, 1.807) is 14.1 Å². The molecule has 0 saturated heterocycles. The highest BCUT2D eigenvalue weighted by molar-refractivity contribution is 6.43.